The van der Waals surface area contributed by atoms with E-state index in [1.165, 1.54) is 38.5 Å². The van der Waals surface area contributed by atoms with E-state index in [0.29, 0.717) is 0 Å². The van der Waals surface area contributed by atoms with E-state index >= 15 is 0 Å². The van der Waals surface area contributed by atoms with Gasteiger partial charge in [-0.2, -0.15) is 0 Å². The van der Waals surface area contributed by atoms with Crippen LogP contribution in [0.3, 0.4) is 0 Å². The average Bonchev–Trinajstić information content (AvgIpc) is 2.75. The van der Waals surface area contributed by atoms with Gasteiger partial charge < -0.3 is 0 Å². The van der Waals surface area contributed by atoms with Gasteiger partial charge in [0.2, 0.25) is 5.91 Å². The highest BCUT2D eigenvalue weighted by molar-refractivity contribution is 6.03. The van der Waals surface area contributed by atoms with Crippen LogP contribution >= 0.6 is 0 Å². The van der Waals surface area contributed by atoms with Crippen LogP contribution < -0.4 is 10.7 Å². The first-order chi connectivity index (χ1) is 10.9. The minimum Gasteiger partial charge on any atom is -0.275 e. The second-order valence-electron chi connectivity index (χ2n) is 7.94. The lowest BCUT2D eigenvalue weighted by Crippen LogP contribution is -2.47. The van der Waals surface area contributed by atoms with Crippen LogP contribution in [0.25, 0.3) is 0 Å². The average molecular weight is 317 g/mol. The predicted octanol–water partition coefficient (Wildman–Crippen LogP) is 1.73. The van der Waals surface area contributed by atoms with E-state index in [0.717, 1.165) is 28.3 Å². The molecule has 4 aliphatic carbocycles. The van der Waals surface area contributed by atoms with E-state index in [4.69, 9.17) is 0 Å². The summed E-state index contributed by atoms with van der Waals surface area (Å²) >= 11 is 0. The predicted molar refractivity (Wildman–Crippen MR) is 82.7 cm³/mol. The molecule has 5 rings (SSSR count). The van der Waals surface area contributed by atoms with Crippen molar-refractivity contribution in [3.05, 3.63) is 11.6 Å². The number of nitrogens with zero attached hydrogens (tertiary/aromatic N) is 1. The zero-order valence-corrected chi connectivity index (χ0v) is 13.4. The maximum absolute atomic E-state index is 12.2. The maximum atomic E-state index is 12.2. The maximum Gasteiger partial charge on any atom is 0.343 e. The Balaban J connectivity index is 1.47. The van der Waals surface area contributed by atoms with Crippen LogP contribution in [0.1, 0.15) is 45.4 Å². The molecule has 1 heterocycles. The molecule has 2 N–H and O–H groups in total. The van der Waals surface area contributed by atoms with Gasteiger partial charge in [-0.3, -0.25) is 20.3 Å². The lowest BCUT2D eigenvalue weighted by Gasteiger charge is -2.57. The van der Waals surface area contributed by atoms with Gasteiger partial charge in [0.25, 0.3) is 5.91 Å². The third-order valence-electron chi connectivity index (χ3n) is 6.26. The minimum absolute atomic E-state index is 0.116. The van der Waals surface area contributed by atoms with Crippen LogP contribution in [0.4, 0.5) is 4.79 Å². The van der Waals surface area contributed by atoms with Gasteiger partial charge in [-0.15, -0.1) is 0 Å². The molecule has 4 saturated carbocycles. The van der Waals surface area contributed by atoms with Crippen LogP contribution in [-0.2, 0) is 9.59 Å². The van der Waals surface area contributed by atoms with Crippen molar-refractivity contribution in [3.8, 4) is 0 Å². The third kappa shape index (κ3) is 2.54. The number of rotatable bonds is 3. The number of carbonyl (C=O) groups excluding carboxylic acids is 3. The fraction of sp³-hybridized carbons (Fsp3) is 0.706. The molecule has 0 aromatic heterocycles. The molecule has 1 saturated heterocycles. The molecular weight excluding hydrogens is 294 g/mol. The Kier molecular flexibility index (Phi) is 3.25. The number of imide groups is 1. The van der Waals surface area contributed by atoms with Crippen molar-refractivity contribution >= 4 is 17.8 Å². The van der Waals surface area contributed by atoms with Crippen molar-refractivity contribution in [2.24, 2.45) is 23.2 Å². The van der Waals surface area contributed by atoms with Crippen LogP contribution in [0.2, 0.25) is 0 Å². The van der Waals surface area contributed by atoms with E-state index in [-0.39, 0.29) is 17.9 Å². The molecule has 124 valence electrons. The molecule has 4 bridgehead atoms. The highest BCUT2D eigenvalue weighted by Crippen LogP contribution is 2.62. The van der Waals surface area contributed by atoms with E-state index in [1.54, 1.807) is 6.08 Å². The van der Waals surface area contributed by atoms with Crippen molar-refractivity contribution in [1.82, 2.24) is 15.8 Å². The number of urea groups is 1. The number of nitrogens with one attached hydrogen (secondary N) is 2. The lowest BCUT2D eigenvalue weighted by molar-refractivity contribution is -0.121. The first-order valence-electron chi connectivity index (χ1n) is 8.54. The number of carbonyl (C=O) groups is 3. The zero-order valence-electron chi connectivity index (χ0n) is 13.4. The van der Waals surface area contributed by atoms with Crippen molar-refractivity contribution in [2.45, 2.75) is 45.4 Å². The Labute approximate surface area is 135 Å². The van der Waals surface area contributed by atoms with Crippen molar-refractivity contribution in [3.63, 3.8) is 0 Å². The second-order valence-corrected chi connectivity index (χ2v) is 7.94. The highest BCUT2D eigenvalue weighted by Gasteiger charge is 2.51. The quantitative estimate of drug-likeness (QED) is 0.614. The summed E-state index contributed by atoms with van der Waals surface area (Å²) in [7, 11) is 0. The SMILES string of the molecule is C/C(=C/C(=O)NN1CC(=O)NC1=O)C12CC3CC(CC(C3)C1)C2. The fourth-order valence-electron chi connectivity index (χ4n) is 5.64. The van der Waals surface area contributed by atoms with Gasteiger partial charge >= 0.3 is 6.03 Å². The number of hydrogen-bond acceptors (Lipinski definition) is 3. The van der Waals surface area contributed by atoms with E-state index in [2.05, 4.69) is 17.7 Å². The molecule has 6 nitrogen and oxygen atoms in total. The van der Waals surface area contributed by atoms with E-state index in [1.807, 2.05) is 0 Å². The topological polar surface area (TPSA) is 78.5 Å². The molecule has 23 heavy (non-hydrogen) atoms. The van der Waals surface area contributed by atoms with Gasteiger partial charge in [0.15, 0.2) is 0 Å². The summed E-state index contributed by atoms with van der Waals surface area (Å²) in [6, 6.07) is -0.566. The molecule has 0 aromatic carbocycles. The van der Waals surface area contributed by atoms with Crippen molar-refractivity contribution < 1.29 is 14.4 Å². The normalized spacial score (nSPS) is 38.9. The van der Waals surface area contributed by atoms with Crippen LogP contribution in [0, 0.1) is 23.2 Å². The Bertz CT molecular complexity index is 575. The first kappa shape index (κ1) is 14.7. The summed E-state index contributed by atoms with van der Waals surface area (Å²) in [5, 5.41) is 3.18. The standard InChI is InChI=1S/C17H23N3O3/c1-10(2-14(21)19-20-9-15(22)18-16(20)23)17-6-11-3-12(7-17)5-13(4-11)8-17/h2,11-13H,3-9H2,1H3,(H,19,21)(H,18,22,23)/b10-2-. The molecule has 1 aliphatic heterocycles. The largest absolute Gasteiger partial charge is 0.343 e. The molecule has 0 atom stereocenters. The lowest BCUT2D eigenvalue weighted by atomic mass is 9.48. The highest BCUT2D eigenvalue weighted by atomic mass is 16.2. The number of allylic oxidation sites excluding steroid dienone is 1. The number of hydrazine groups is 1. The molecule has 0 unspecified atom stereocenters. The fourth-order valence-corrected chi connectivity index (χ4v) is 5.64. The number of hydrogen-bond donors (Lipinski definition) is 2. The third-order valence-corrected chi connectivity index (χ3v) is 6.26. The Morgan fingerprint density at radius 2 is 1.74 bits per heavy atom. The van der Waals surface area contributed by atoms with E-state index < -0.39 is 11.9 Å². The van der Waals surface area contributed by atoms with Crippen molar-refractivity contribution in [2.75, 3.05) is 6.54 Å². The Morgan fingerprint density at radius 1 is 1.17 bits per heavy atom. The van der Waals surface area contributed by atoms with Crippen LogP contribution in [0.15, 0.2) is 11.6 Å². The van der Waals surface area contributed by atoms with Gasteiger partial charge in [-0.25, -0.2) is 9.80 Å². The molecule has 5 aliphatic rings. The van der Waals surface area contributed by atoms with Crippen LogP contribution in [0.5, 0.6) is 0 Å². The molecule has 0 radical (unpaired) electrons. The first-order valence-corrected chi connectivity index (χ1v) is 8.54. The van der Waals surface area contributed by atoms with Crippen molar-refractivity contribution in [1.29, 1.82) is 0 Å². The zero-order chi connectivity index (χ0) is 16.2. The van der Waals surface area contributed by atoms with E-state index in [9.17, 15) is 14.4 Å². The molecular formula is C17H23N3O3. The van der Waals surface area contributed by atoms with Gasteiger partial charge in [-0.05, 0) is 68.6 Å². The summed E-state index contributed by atoms with van der Waals surface area (Å²) in [5.74, 6) is 1.78. The smallest absolute Gasteiger partial charge is 0.275 e. The summed E-state index contributed by atoms with van der Waals surface area (Å²) < 4.78 is 0. The molecule has 6 heteroatoms. The Hall–Kier alpha value is -1.85. The summed E-state index contributed by atoms with van der Waals surface area (Å²) in [6.07, 6.45) is 9.37. The number of amides is 4. The minimum atomic E-state index is -0.566. The molecule has 5 fully saturated rings. The van der Waals surface area contributed by atoms with Gasteiger partial charge in [0.1, 0.15) is 6.54 Å². The van der Waals surface area contributed by atoms with Gasteiger partial charge in [0.05, 0.1) is 0 Å². The second kappa shape index (κ2) is 5.08. The Morgan fingerprint density at radius 3 is 2.22 bits per heavy atom. The summed E-state index contributed by atoms with van der Waals surface area (Å²) in [5.41, 5.74) is 3.84. The summed E-state index contributed by atoms with van der Waals surface area (Å²) in [4.78, 5) is 34.9. The molecule has 0 spiro atoms. The summed E-state index contributed by atoms with van der Waals surface area (Å²) in [6.45, 7) is 1.94. The van der Waals surface area contributed by atoms with Gasteiger partial charge in [0, 0.05) is 6.08 Å². The van der Waals surface area contributed by atoms with Gasteiger partial charge in [-0.1, -0.05) is 5.57 Å². The molecule has 0 aromatic rings. The van der Waals surface area contributed by atoms with Crippen LogP contribution in [-0.4, -0.2) is 29.4 Å². The monoisotopic (exact) mass is 317 g/mol. The molecule has 4 amide bonds.